The minimum Gasteiger partial charge on any atom is -0.368 e. The largest absolute Gasteiger partial charge is 0.368 e. The van der Waals surface area contributed by atoms with E-state index in [0.29, 0.717) is 23.1 Å². The van der Waals surface area contributed by atoms with Crippen LogP contribution in [0.15, 0.2) is 66.9 Å². The van der Waals surface area contributed by atoms with Crippen LogP contribution in [-0.4, -0.2) is 40.4 Å². The Hall–Kier alpha value is -2.96. The summed E-state index contributed by atoms with van der Waals surface area (Å²) in [6.07, 6.45) is 1.57. The molecule has 3 atom stereocenters. The molecule has 1 aromatic heterocycles. The van der Waals surface area contributed by atoms with E-state index in [1.807, 2.05) is 53.4 Å². The molecule has 3 heterocycles. The molecule has 2 aliphatic rings. The van der Waals surface area contributed by atoms with Gasteiger partial charge in [0.05, 0.1) is 17.3 Å². The third-order valence-corrected chi connectivity index (χ3v) is 6.05. The predicted molar refractivity (Wildman–Crippen MR) is 119 cm³/mol. The van der Waals surface area contributed by atoms with Gasteiger partial charge >= 0.3 is 0 Å². The lowest BCUT2D eigenvalue weighted by molar-refractivity contribution is 0.0714. The Kier molecular flexibility index (Phi) is 5.70. The molecule has 3 N–H and O–H groups in total. The Morgan fingerprint density at radius 1 is 1.03 bits per heavy atom. The van der Waals surface area contributed by atoms with Gasteiger partial charge in [0.2, 0.25) is 5.95 Å². The Morgan fingerprint density at radius 3 is 2.47 bits per heavy atom. The number of hydrogen-bond donors (Lipinski definition) is 2. The fourth-order valence-corrected chi connectivity index (χ4v) is 4.73. The smallest absolute Gasteiger partial charge is 0.258 e. The van der Waals surface area contributed by atoms with Crippen molar-refractivity contribution in [3.8, 4) is 11.3 Å². The molecule has 6 nitrogen and oxygen atoms in total. The topological polar surface area (TPSA) is 84.1 Å². The van der Waals surface area contributed by atoms with Crippen LogP contribution in [0.4, 0.5) is 5.95 Å². The summed E-state index contributed by atoms with van der Waals surface area (Å²) in [5.41, 5.74) is 8.98. The molecule has 5 rings (SSSR count). The number of carbonyl (C=O) groups is 1. The standard InChI is InChI=1S/C23H23N5O.ClH/c24-23-26-13-19(20(27-23)15-7-3-1-4-8-15)22(29)28-14-17-11-25-12-18(17)21(28)16-9-5-2-6-10-16;/h1-10,13,17-18,21,25H,11-12,14H2,(H2,24,26,27);1H/t17-,18-,21+;/m0./s1. The first-order valence-corrected chi connectivity index (χ1v) is 9.97. The Labute approximate surface area is 181 Å². The summed E-state index contributed by atoms with van der Waals surface area (Å²) in [5.74, 6) is 1.00. The van der Waals surface area contributed by atoms with Crippen molar-refractivity contribution < 1.29 is 4.79 Å². The lowest BCUT2D eigenvalue weighted by Crippen LogP contribution is -2.35. The van der Waals surface area contributed by atoms with Gasteiger partial charge in [0, 0.05) is 37.3 Å². The summed E-state index contributed by atoms with van der Waals surface area (Å²) in [6, 6.07) is 20.0. The van der Waals surface area contributed by atoms with Gasteiger partial charge < -0.3 is 16.0 Å². The summed E-state index contributed by atoms with van der Waals surface area (Å²) in [4.78, 5) is 24.3. The molecular weight excluding hydrogens is 398 g/mol. The molecule has 0 radical (unpaired) electrons. The van der Waals surface area contributed by atoms with E-state index in [1.165, 1.54) is 5.56 Å². The van der Waals surface area contributed by atoms with Crippen molar-refractivity contribution in [1.82, 2.24) is 20.2 Å². The first-order chi connectivity index (χ1) is 14.2. The van der Waals surface area contributed by atoms with Crippen LogP contribution in [0.1, 0.15) is 22.0 Å². The third kappa shape index (κ3) is 3.53. The van der Waals surface area contributed by atoms with Crippen molar-refractivity contribution in [1.29, 1.82) is 0 Å². The van der Waals surface area contributed by atoms with Gasteiger partial charge in [-0.25, -0.2) is 9.97 Å². The highest BCUT2D eigenvalue weighted by molar-refractivity contribution is 6.00. The maximum Gasteiger partial charge on any atom is 0.258 e. The van der Waals surface area contributed by atoms with E-state index >= 15 is 0 Å². The minimum atomic E-state index is -0.0351. The Morgan fingerprint density at radius 2 is 1.73 bits per heavy atom. The van der Waals surface area contributed by atoms with Crippen LogP contribution in [0.5, 0.6) is 0 Å². The normalized spacial score (nSPS) is 22.4. The van der Waals surface area contributed by atoms with Gasteiger partial charge in [-0.3, -0.25) is 4.79 Å². The minimum absolute atomic E-state index is 0. The van der Waals surface area contributed by atoms with Gasteiger partial charge in [-0.2, -0.15) is 0 Å². The highest BCUT2D eigenvalue weighted by Gasteiger charge is 2.47. The zero-order valence-corrected chi connectivity index (χ0v) is 17.3. The van der Waals surface area contributed by atoms with E-state index in [1.54, 1.807) is 6.20 Å². The second-order valence-corrected chi connectivity index (χ2v) is 7.75. The van der Waals surface area contributed by atoms with E-state index in [0.717, 1.165) is 25.2 Å². The van der Waals surface area contributed by atoms with Crippen LogP contribution in [0.25, 0.3) is 11.3 Å². The number of benzene rings is 2. The monoisotopic (exact) mass is 421 g/mol. The summed E-state index contributed by atoms with van der Waals surface area (Å²) >= 11 is 0. The van der Waals surface area contributed by atoms with Crippen LogP contribution in [0, 0.1) is 11.8 Å². The van der Waals surface area contributed by atoms with Crippen molar-refractivity contribution in [3.05, 3.63) is 78.0 Å². The van der Waals surface area contributed by atoms with Gasteiger partial charge in [0.25, 0.3) is 5.91 Å². The van der Waals surface area contributed by atoms with Crippen molar-refractivity contribution in [3.63, 3.8) is 0 Å². The summed E-state index contributed by atoms with van der Waals surface area (Å²) < 4.78 is 0. The number of rotatable bonds is 3. The number of nitrogens with two attached hydrogens (primary N) is 1. The van der Waals surface area contributed by atoms with Gasteiger partial charge in [-0.05, 0) is 11.5 Å². The summed E-state index contributed by atoms with van der Waals surface area (Å²) in [5, 5.41) is 3.49. The fraction of sp³-hybridized carbons (Fsp3) is 0.261. The second kappa shape index (κ2) is 8.42. The maximum absolute atomic E-state index is 13.8. The molecule has 0 spiro atoms. The number of nitrogens with one attached hydrogen (secondary N) is 1. The number of nitrogen functional groups attached to an aromatic ring is 1. The molecule has 0 aliphatic carbocycles. The number of halogens is 1. The van der Waals surface area contributed by atoms with Crippen molar-refractivity contribution in [2.75, 3.05) is 25.4 Å². The number of anilines is 1. The highest BCUT2D eigenvalue weighted by Crippen LogP contribution is 2.43. The predicted octanol–water partition coefficient (Wildman–Crippen LogP) is 3.18. The molecule has 2 saturated heterocycles. The first kappa shape index (κ1) is 20.3. The van der Waals surface area contributed by atoms with Gasteiger partial charge in [0.15, 0.2) is 0 Å². The average Bonchev–Trinajstić information content (AvgIpc) is 3.36. The van der Waals surface area contributed by atoms with Crippen LogP contribution < -0.4 is 11.1 Å². The lowest BCUT2D eigenvalue weighted by atomic mass is 9.89. The van der Waals surface area contributed by atoms with Crippen LogP contribution >= 0.6 is 12.4 Å². The SMILES string of the molecule is Cl.Nc1ncc(C(=O)N2C[C@@H]3CNC[C@@H]3[C@H]2c2ccccc2)c(-c2ccccc2)n1. The summed E-state index contributed by atoms with van der Waals surface area (Å²) in [7, 11) is 0. The molecule has 0 bridgehead atoms. The molecule has 154 valence electrons. The number of fused-ring (bicyclic) bond motifs is 1. The second-order valence-electron chi connectivity index (χ2n) is 7.75. The van der Waals surface area contributed by atoms with Gasteiger partial charge in [0.1, 0.15) is 0 Å². The number of amides is 1. The molecule has 2 fully saturated rings. The van der Waals surface area contributed by atoms with Gasteiger partial charge in [-0.1, -0.05) is 60.7 Å². The zero-order chi connectivity index (χ0) is 19.8. The van der Waals surface area contributed by atoms with E-state index in [4.69, 9.17) is 5.73 Å². The van der Waals surface area contributed by atoms with E-state index in [9.17, 15) is 4.79 Å². The van der Waals surface area contributed by atoms with Crippen molar-refractivity contribution >= 4 is 24.3 Å². The Balaban J connectivity index is 0.00000218. The molecule has 0 saturated carbocycles. The molecule has 1 amide bonds. The first-order valence-electron chi connectivity index (χ1n) is 9.97. The van der Waals surface area contributed by atoms with E-state index < -0.39 is 0 Å². The Bertz CT molecular complexity index is 1030. The maximum atomic E-state index is 13.8. The van der Waals surface area contributed by atoms with Crippen LogP contribution in [-0.2, 0) is 0 Å². The molecule has 30 heavy (non-hydrogen) atoms. The lowest BCUT2D eigenvalue weighted by Gasteiger charge is -2.29. The molecular formula is C23H24ClN5O. The van der Waals surface area contributed by atoms with Crippen LogP contribution in [0.3, 0.4) is 0 Å². The number of hydrogen-bond acceptors (Lipinski definition) is 5. The molecule has 7 heteroatoms. The van der Waals surface area contributed by atoms with Crippen LogP contribution in [0.2, 0.25) is 0 Å². The van der Waals surface area contributed by atoms with Gasteiger partial charge in [-0.15, -0.1) is 12.4 Å². The fourth-order valence-electron chi connectivity index (χ4n) is 4.73. The number of carbonyl (C=O) groups excluding carboxylic acids is 1. The molecule has 0 unspecified atom stereocenters. The molecule has 2 aliphatic heterocycles. The number of likely N-dealkylation sites (tertiary alicyclic amines) is 1. The van der Waals surface area contributed by atoms with E-state index in [-0.39, 0.29) is 30.3 Å². The van der Waals surface area contributed by atoms with E-state index in [2.05, 4.69) is 27.4 Å². The van der Waals surface area contributed by atoms with Crippen molar-refractivity contribution in [2.24, 2.45) is 11.8 Å². The van der Waals surface area contributed by atoms with Crippen molar-refractivity contribution in [2.45, 2.75) is 6.04 Å². The number of nitrogens with zero attached hydrogens (tertiary/aromatic N) is 3. The third-order valence-electron chi connectivity index (χ3n) is 6.05. The highest BCUT2D eigenvalue weighted by atomic mass is 35.5. The quantitative estimate of drug-likeness (QED) is 0.678. The molecule has 3 aromatic rings. The average molecular weight is 422 g/mol. The summed E-state index contributed by atoms with van der Waals surface area (Å²) in [6.45, 7) is 2.61. The zero-order valence-electron chi connectivity index (χ0n) is 16.4. The number of aromatic nitrogens is 2. The molecule has 2 aromatic carbocycles.